The molecule has 1 aliphatic heterocycles. The summed E-state index contributed by atoms with van der Waals surface area (Å²) in [5, 5.41) is 2.08. The van der Waals surface area contributed by atoms with Gasteiger partial charge in [0.15, 0.2) is 6.29 Å². The smallest absolute Gasteiger partial charge is 0.379 e. The standard InChI is InChI=1S/C26H46F3NO6/c1-5-9-13-14-18-35-24-21(30-25(31)26(27,28)29)23(34-17-12-8-4)22(33-16-11-7-3)20(36-24)19-32-15-10-6-2/h5,20-24H,1,6-19H2,2-4H3,(H,30,31)/t20?,21?,22-,23?,24+/m0/s1. The number of halogens is 3. The quantitative estimate of drug-likeness (QED) is 0.171. The van der Waals surface area contributed by atoms with E-state index in [1.54, 1.807) is 6.08 Å². The number of amides is 1. The molecule has 0 radical (unpaired) electrons. The number of alkyl halides is 3. The fourth-order valence-electron chi connectivity index (χ4n) is 3.73. The molecule has 212 valence electrons. The lowest BCUT2D eigenvalue weighted by Gasteiger charge is -2.46. The minimum atomic E-state index is -5.05. The van der Waals surface area contributed by atoms with Crippen LogP contribution in [0.3, 0.4) is 0 Å². The number of allylic oxidation sites excluding steroid dienone is 1. The summed E-state index contributed by atoms with van der Waals surface area (Å²) in [6.45, 7) is 11.4. The number of rotatable bonds is 20. The van der Waals surface area contributed by atoms with Gasteiger partial charge in [0.25, 0.3) is 0 Å². The Hall–Kier alpha value is -1.20. The Balaban J connectivity index is 3.20. The van der Waals surface area contributed by atoms with Gasteiger partial charge in [-0.05, 0) is 38.5 Å². The van der Waals surface area contributed by atoms with Gasteiger partial charge in [-0.1, -0.05) is 46.1 Å². The Labute approximate surface area is 214 Å². The summed E-state index contributed by atoms with van der Waals surface area (Å²) in [5.74, 6) is -2.06. The predicted molar refractivity (Wildman–Crippen MR) is 132 cm³/mol. The fraction of sp³-hybridized carbons (Fsp3) is 0.885. The summed E-state index contributed by atoms with van der Waals surface area (Å²) in [5.41, 5.74) is 0. The zero-order valence-corrected chi connectivity index (χ0v) is 22.2. The molecular formula is C26H46F3NO6. The van der Waals surface area contributed by atoms with Gasteiger partial charge >= 0.3 is 12.1 Å². The van der Waals surface area contributed by atoms with Crippen LogP contribution in [0.1, 0.15) is 78.6 Å². The lowest BCUT2D eigenvalue weighted by molar-refractivity contribution is -0.288. The lowest BCUT2D eigenvalue weighted by atomic mass is 9.95. The molecule has 1 aliphatic rings. The van der Waals surface area contributed by atoms with Crippen LogP contribution in [0.5, 0.6) is 0 Å². The first-order valence-electron chi connectivity index (χ1n) is 13.4. The first-order valence-corrected chi connectivity index (χ1v) is 13.4. The molecule has 0 aliphatic carbocycles. The lowest BCUT2D eigenvalue weighted by Crippen LogP contribution is -2.67. The van der Waals surface area contributed by atoms with Crippen LogP contribution >= 0.6 is 0 Å². The van der Waals surface area contributed by atoms with Crippen LogP contribution in [0.2, 0.25) is 0 Å². The summed E-state index contributed by atoms with van der Waals surface area (Å²) in [7, 11) is 0. The minimum absolute atomic E-state index is 0.181. The molecular weight excluding hydrogens is 479 g/mol. The molecule has 1 amide bonds. The molecule has 0 aromatic rings. The molecule has 36 heavy (non-hydrogen) atoms. The number of hydrogen-bond donors (Lipinski definition) is 1. The van der Waals surface area contributed by atoms with Crippen molar-refractivity contribution in [1.82, 2.24) is 5.32 Å². The van der Waals surface area contributed by atoms with Gasteiger partial charge in [0, 0.05) is 26.4 Å². The van der Waals surface area contributed by atoms with Gasteiger partial charge in [0.05, 0.1) is 6.61 Å². The van der Waals surface area contributed by atoms with Gasteiger partial charge in [-0.25, -0.2) is 0 Å². The van der Waals surface area contributed by atoms with E-state index in [2.05, 4.69) is 18.8 Å². The SMILES string of the molecule is C=CCCCCO[C@@H]1OC(COCCCC)[C@H](OCCCC)C(OCCCC)C1NC(=O)C(F)(F)F. The first-order chi connectivity index (χ1) is 17.3. The van der Waals surface area contributed by atoms with Crippen molar-refractivity contribution in [2.45, 2.75) is 115 Å². The van der Waals surface area contributed by atoms with Gasteiger partial charge in [-0.2, -0.15) is 13.2 Å². The topological polar surface area (TPSA) is 75.2 Å². The molecule has 1 rings (SSSR count). The highest BCUT2D eigenvalue weighted by molar-refractivity contribution is 5.82. The Morgan fingerprint density at radius 3 is 2.06 bits per heavy atom. The van der Waals surface area contributed by atoms with Crippen molar-refractivity contribution >= 4 is 5.91 Å². The molecule has 10 heteroatoms. The molecule has 0 aromatic heterocycles. The Kier molecular flexibility index (Phi) is 17.3. The van der Waals surface area contributed by atoms with E-state index in [-0.39, 0.29) is 13.2 Å². The van der Waals surface area contributed by atoms with Crippen molar-refractivity contribution in [1.29, 1.82) is 0 Å². The molecule has 1 heterocycles. The fourth-order valence-corrected chi connectivity index (χ4v) is 3.73. The summed E-state index contributed by atoms with van der Waals surface area (Å²) in [6.07, 6.45) is 0.685. The highest BCUT2D eigenvalue weighted by Crippen LogP contribution is 2.29. The van der Waals surface area contributed by atoms with Crippen LogP contribution in [-0.2, 0) is 28.5 Å². The zero-order chi connectivity index (χ0) is 26.8. The van der Waals surface area contributed by atoms with Crippen molar-refractivity contribution < 1.29 is 41.7 Å². The molecule has 0 bridgehead atoms. The number of carbonyl (C=O) groups is 1. The molecule has 5 atom stereocenters. The molecule has 1 saturated heterocycles. The van der Waals surface area contributed by atoms with Crippen LogP contribution in [-0.4, -0.2) is 75.8 Å². The third-order valence-corrected chi connectivity index (χ3v) is 5.83. The predicted octanol–water partition coefficient (Wildman–Crippen LogP) is 5.32. The average molecular weight is 526 g/mol. The third-order valence-electron chi connectivity index (χ3n) is 5.83. The van der Waals surface area contributed by atoms with E-state index in [9.17, 15) is 18.0 Å². The summed E-state index contributed by atoms with van der Waals surface area (Å²) in [4.78, 5) is 12.0. The van der Waals surface area contributed by atoms with Crippen molar-refractivity contribution in [3.8, 4) is 0 Å². The van der Waals surface area contributed by atoms with E-state index in [0.717, 1.165) is 44.9 Å². The highest BCUT2D eigenvalue weighted by atomic mass is 19.4. The average Bonchev–Trinajstić information content (AvgIpc) is 2.84. The van der Waals surface area contributed by atoms with E-state index in [1.807, 2.05) is 13.8 Å². The molecule has 0 spiro atoms. The number of carbonyl (C=O) groups excluding carboxylic acids is 1. The van der Waals surface area contributed by atoms with Gasteiger partial charge in [-0.15, -0.1) is 6.58 Å². The number of unbranched alkanes of at least 4 members (excludes halogenated alkanes) is 5. The van der Waals surface area contributed by atoms with Crippen LogP contribution in [0.4, 0.5) is 13.2 Å². The van der Waals surface area contributed by atoms with Gasteiger partial charge in [-0.3, -0.25) is 4.79 Å². The zero-order valence-electron chi connectivity index (χ0n) is 22.2. The van der Waals surface area contributed by atoms with Gasteiger partial charge in [0.1, 0.15) is 24.4 Å². The van der Waals surface area contributed by atoms with Gasteiger partial charge in [0.2, 0.25) is 0 Å². The second kappa shape index (κ2) is 19.0. The maximum atomic E-state index is 13.2. The molecule has 3 unspecified atom stereocenters. The van der Waals surface area contributed by atoms with Crippen molar-refractivity contribution in [3.63, 3.8) is 0 Å². The molecule has 0 aromatic carbocycles. The Morgan fingerprint density at radius 2 is 1.47 bits per heavy atom. The van der Waals surface area contributed by atoms with E-state index in [4.69, 9.17) is 23.7 Å². The Morgan fingerprint density at radius 1 is 0.889 bits per heavy atom. The highest BCUT2D eigenvalue weighted by Gasteiger charge is 2.51. The minimum Gasteiger partial charge on any atom is -0.379 e. The number of hydrogen-bond acceptors (Lipinski definition) is 6. The van der Waals surface area contributed by atoms with E-state index >= 15 is 0 Å². The monoisotopic (exact) mass is 525 g/mol. The van der Waals surface area contributed by atoms with Crippen LogP contribution in [0, 0.1) is 0 Å². The van der Waals surface area contributed by atoms with Crippen molar-refractivity contribution in [3.05, 3.63) is 12.7 Å². The van der Waals surface area contributed by atoms with Crippen LogP contribution < -0.4 is 5.32 Å². The maximum absolute atomic E-state index is 13.2. The molecule has 1 N–H and O–H groups in total. The summed E-state index contributed by atoms with van der Waals surface area (Å²) < 4.78 is 69.7. The van der Waals surface area contributed by atoms with Crippen LogP contribution in [0.15, 0.2) is 12.7 Å². The molecule has 0 saturated carbocycles. The van der Waals surface area contributed by atoms with E-state index in [1.165, 1.54) is 0 Å². The number of ether oxygens (including phenoxy) is 5. The van der Waals surface area contributed by atoms with Gasteiger partial charge < -0.3 is 29.0 Å². The van der Waals surface area contributed by atoms with E-state index in [0.29, 0.717) is 32.7 Å². The summed E-state index contributed by atoms with van der Waals surface area (Å²) >= 11 is 0. The first kappa shape index (κ1) is 32.8. The van der Waals surface area contributed by atoms with E-state index < -0.39 is 42.7 Å². The van der Waals surface area contributed by atoms with Crippen LogP contribution in [0.25, 0.3) is 0 Å². The second-order valence-corrected chi connectivity index (χ2v) is 9.00. The molecule has 1 fully saturated rings. The summed E-state index contributed by atoms with van der Waals surface area (Å²) in [6, 6.07) is -1.20. The normalized spacial score (nSPS) is 24.6. The third kappa shape index (κ3) is 12.4. The van der Waals surface area contributed by atoms with Crippen molar-refractivity contribution in [2.75, 3.05) is 33.0 Å². The Bertz CT molecular complexity index is 593. The number of nitrogens with one attached hydrogen (secondary N) is 1. The largest absolute Gasteiger partial charge is 0.471 e. The molecule has 7 nitrogen and oxygen atoms in total. The maximum Gasteiger partial charge on any atom is 0.471 e. The van der Waals surface area contributed by atoms with Crippen molar-refractivity contribution in [2.24, 2.45) is 0 Å². The second-order valence-electron chi connectivity index (χ2n) is 9.00.